The molecule has 0 bridgehead atoms. The minimum Gasteiger partial charge on any atom is -0.480 e. The fraction of sp³-hybridized carbons (Fsp3) is 0.500. The average Bonchev–Trinajstić information content (AvgIpc) is 2.48. The molecule has 0 spiro atoms. The van der Waals surface area contributed by atoms with Crippen LogP contribution in [0.3, 0.4) is 0 Å². The SMILES string of the molecule is COCc1ccccc1S(=O)(=O)N1CCCCC1C(=O)O. The number of hydrogen-bond acceptors (Lipinski definition) is 4. The van der Waals surface area contributed by atoms with E-state index in [4.69, 9.17) is 4.74 Å². The van der Waals surface area contributed by atoms with E-state index in [1.807, 2.05) is 0 Å². The Hall–Kier alpha value is -1.44. The molecule has 1 aliphatic rings. The molecule has 1 aliphatic heterocycles. The average molecular weight is 313 g/mol. The summed E-state index contributed by atoms with van der Waals surface area (Å²) in [7, 11) is -2.35. The predicted octanol–water partition coefficient (Wildman–Crippen LogP) is 1.46. The van der Waals surface area contributed by atoms with Gasteiger partial charge in [-0.3, -0.25) is 4.79 Å². The first-order valence-corrected chi connectivity index (χ1v) is 8.24. The van der Waals surface area contributed by atoms with Crippen molar-refractivity contribution in [2.75, 3.05) is 13.7 Å². The zero-order valence-corrected chi connectivity index (χ0v) is 12.7. The van der Waals surface area contributed by atoms with Gasteiger partial charge >= 0.3 is 5.97 Å². The van der Waals surface area contributed by atoms with Gasteiger partial charge in [0, 0.05) is 13.7 Å². The normalized spacial score (nSPS) is 20.3. The van der Waals surface area contributed by atoms with Crippen LogP contribution in [0.2, 0.25) is 0 Å². The number of methoxy groups -OCH3 is 1. The number of piperidine rings is 1. The summed E-state index contributed by atoms with van der Waals surface area (Å²) in [5, 5.41) is 9.26. The third kappa shape index (κ3) is 3.25. The van der Waals surface area contributed by atoms with E-state index in [9.17, 15) is 18.3 Å². The van der Waals surface area contributed by atoms with Crippen LogP contribution in [-0.4, -0.2) is 43.5 Å². The van der Waals surface area contributed by atoms with Crippen molar-refractivity contribution >= 4 is 16.0 Å². The van der Waals surface area contributed by atoms with Crippen molar-refractivity contribution < 1.29 is 23.1 Å². The van der Waals surface area contributed by atoms with E-state index in [1.165, 1.54) is 13.2 Å². The molecule has 1 N–H and O–H groups in total. The van der Waals surface area contributed by atoms with Crippen molar-refractivity contribution in [3.8, 4) is 0 Å². The molecule has 0 saturated carbocycles. The van der Waals surface area contributed by atoms with Crippen LogP contribution in [0.4, 0.5) is 0 Å². The molecule has 0 aromatic heterocycles. The highest BCUT2D eigenvalue weighted by molar-refractivity contribution is 7.89. The molecule has 0 aliphatic carbocycles. The summed E-state index contributed by atoms with van der Waals surface area (Å²) in [6.45, 7) is 0.404. The predicted molar refractivity (Wildman–Crippen MR) is 76.3 cm³/mol. The number of benzene rings is 1. The first kappa shape index (κ1) is 15.9. The van der Waals surface area contributed by atoms with Crippen LogP contribution in [0, 0.1) is 0 Å². The molecule has 1 saturated heterocycles. The molecule has 1 aromatic carbocycles. The third-order valence-corrected chi connectivity index (χ3v) is 5.61. The zero-order valence-electron chi connectivity index (χ0n) is 11.9. The Kier molecular flexibility index (Phi) is 4.97. The van der Waals surface area contributed by atoms with Crippen molar-refractivity contribution in [2.24, 2.45) is 0 Å². The van der Waals surface area contributed by atoms with E-state index in [2.05, 4.69) is 0 Å². The maximum atomic E-state index is 12.8. The van der Waals surface area contributed by atoms with Crippen LogP contribution in [0.5, 0.6) is 0 Å². The van der Waals surface area contributed by atoms with Gasteiger partial charge in [0.1, 0.15) is 6.04 Å². The van der Waals surface area contributed by atoms with Crippen molar-refractivity contribution in [1.29, 1.82) is 0 Å². The number of carboxylic acids is 1. The van der Waals surface area contributed by atoms with Gasteiger partial charge in [-0.1, -0.05) is 18.2 Å². The molecule has 1 aromatic rings. The van der Waals surface area contributed by atoms with Crippen molar-refractivity contribution in [2.45, 2.75) is 36.8 Å². The van der Waals surface area contributed by atoms with E-state index in [0.29, 0.717) is 18.4 Å². The first-order valence-electron chi connectivity index (χ1n) is 6.80. The summed E-state index contributed by atoms with van der Waals surface area (Å²) < 4.78 is 31.7. The van der Waals surface area contributed by atoms with Gasteiger partial charge in [0.05, 0.1) is 11.5 Å². The van der Waals surface area contributed by atoms with Crippen LogP contribution >= 0.6 is 0 Å². The Labute approximate surface area is 124 Å². The van der Waals surface area contributed by atoms with E-state index >= 15 is 0 Å². The van der Waals surface area contributed by atoms with Crippen molar-refractivity contribution in [3.05, 3.63) is 29.8 Å². The highest BCUT2D eigenvalue weighted by Gasteiger charge is 2.38. The minimum atomic E-state index is -3.84. The summed E-state index contributed by atoms with van der Waals surface area (Å²) >= 11 is 0. The largest absolute Gasteiger partial charge is 0.480 e. The highest BCUT2D eigenvalue weighted by Crippen LogP contribution is 2.27. The summed E-state index contributed by atoms with van der Waals surface area (Å²) in [5.41, 5.74) is 0.537. The molecule has 21 heavy (non-hydrogen) atoms. The van der Waals surface area contributed by atoms with Gasteiger partial charge in [-0.25, -0.2) is 8.42 Å². The van der Waals surface area contributed by atoms with E-state index in [0.717, 1.165) is 10.7 Å². The number of rotatable bonds is 5. The van der Waals surface area contributed by atoms with Crippen molar-refractivity contribution in [1.82, 2.24) is 4.31 Å². The van der Waals surface area contributed by atoms with Crippen LogP contribution in [0.1, 0.15) is 24.8 Å². The van der Waals surface area contributed by atoms with Gasteiger partial charge in [-0.2, -0.15) is 4.31 Å². The Balaban J connectivity index is 2.43. The standard InChI is InChI=1S/C14H19NO5S/c1-20-10-11-6-2-3-8-13(11)21(18,19)15-9-5-4-7-12(15)14(16)17/h2-3,6,8,12H,4-5,7,9-10H2,1H3,(H,16,17). The lowest BCUT2D eigenvalue weighted by Gasteiger charge is -2.32. The number of ether oxygens (including phenoxy) is 1. The summed E-state index contributed by atoms with van der Waals surface area (Å²) in [4.78, 5) is 11.4. The molecule has 2 rings (SSSR count). The first-order chi connectivity index (χ1) is 9.98. The van der Waals surface area contributed by atoms with Gasteiger partial charge in [-0.05, 0) is 30.9 Å². The molecule has 7 heteroatoms. The number of aliphatic carboxylic acids is 1. The Morgan fingerprint density at radius 2 is 2.10 bits per heavy atom. The molecule has 1 fully saturated rings. The Morgan fingerprint density at radius 3 is 2.76 bits per heavy atom. The Bertz CT molecular complexity index is 614. The lowest BCUT2D eigenvalue weighted by Crippen LogP contribution is -2.48. The molecule has 6 nitrogen and oxygen atoms in total. The number of carboxylic acid groups (broad SMARTS) is 1. The monoisotopic (exact) mass is 313 g/mol. The fourth-order valence-corrected chi connectivity index (χ4v) is 4.46. The third-order valence-electron chi connectivity index (χ3n) is 3.60. The number of hydrogen-bond donors (Lipinski definition) is 1. The van der Waals surface area contributed by atoms with Crippen LogP contribution in [-0.2, 0) is 26.2 Å². The second-order valence-electron chi connectivity index (χ2n) is 5.01. The molecule has 1 heterocycles. The van der Waals surface area contributed by atoms with E-state index < -0.39 is 22.0 Å². The summed E-state index contributed by atoms with van der Waals surface area (Å²) in [6, 6.07) is 5.55. The quantitative estimate of drug-likeness (QED) is 0.889. The lowest BCUT2D eigenvalue weighted by molar-refractivity contribution is -0.142. The highest BCUT2D eigenvalue weighted by atomic mass is 32.2. The second-order valence-corrected chi connectivity index (χ2v) is 6.87. The van der Waals surface area contributed by atoms with Crippen LogP contribution in [0.15, 0.2) is 29.2 Å². The van der Waals surface area contributed by atoms with Crippen LogP contribution in [0.25, 0.3) is 0 Å². The molecule has 0 amide bonds. The van der Waals surface area contributed by atoms with Crippen molar-refractivity contribution in [3.63, 3.8) is 0 Å². The van der Waals surface area contributed by atoms with Gasteiger partial charge in [-0.15, -0.1) is 0 Å². The lowest BCUT2D eigenvalue weighted by atomic mass is 10.1. The maximum Gasteiger partial charge on any atom is 0.322 e. The molecular formula is C14H19NO5S. The van der Waals surface area contributed by atoms with E-state index in [-0.39, 0.29) is 18.0 Å². The van der Waals surface area contributed by atoms with Gasteiger partial charge in [0.2, 0.25) is 10.0 Å². The number of sulfonamides is 1. The zero-order chi connectivity index (χ0) is 15.5. The van der Waals surface area contributed by atoms with Gasteiger partial charge in [0.25, 0.3) is 0 Å². The van der Waals surface area contributed by atoms with E-state index in [1.54, 1.807) is 18.2 Å². The minimum absolute atomic E-state index is 0.125. The summed E-state index contributed by atoms with van der Waals surface area (Å²) in [6.07, 6.45) is 1.75. The number of carbonyl (C=O) groups is 1. The molecule has 116 valence electrons. The maximum absolute atomic E-state index is 12.8. The smallest absolute Gasteiger partial charge is 0.322 e. The van der Waals surface area contributed by atoms with Gasteiger partial charge < -0.3 is 9.84 Å². The fourth-order valence-electron chi connectivity index (χ4n) is 2.60. The second kappa shape index (κ2) is 6.55. The van der Waals surface area contributed by atoms with Gasteiger partial charge in [0.15, 0.2) is 0 Å². The molecular weight excluding hydrogens is 294 g/mol. The molecule has 1 unspecified atom stereocenters. The molecule has 0 radical (unpaired) electrons. The summed E-state index contributed by atoms with van der Waals surface area (Å²) in [5.74, 6) is -1.09. The topological polar surface area (TPSA) is 83.9 Å². The van der Waals surface area contributed by atoms with Crippen LogP contribution < -0.4 is 0 Å². The number of nitrogens with zero attached hydrogens (tertiary/aromatic N) is 1. The molecule has 1 atom stereocenters. The Morgan fingerprint density at radius 1 is 1.38 bits per heavy atom.